The second-order valence-electron chi connectivity index (χ2n) is 4.54. The first kappa shape index (κ1) is 14.3. The maximum atomic E-state index is 12.5. The molecule has 0 amide bonds. The lowest BCUT2D eigenvalue weighted by atomic mass is 10.4. The Morgan fingerprint density at radius 3 is 2.68 bits per heavy atom. The van der Waals surface area contributed by atoms with Gasteiger partial charge in [0.2, 0.25) is 5.82 Å². The van der Waals surface area contributed by atoms with E-state index in [9.17, 15) is 13.2 Å². The standard InChI is InChI=1S/C11H14ClF3N4/c1-19(7-2-3-7)5-4-16-9-6-8(12)17-10(18-9)11(13,14)15/h6-7H,2-5H2,1H3,(H,16,17,18). The first-order chi connectivity index (χ1) is 8.86. The van der Waals surface area contributed by atoms with Crippen molar-refractivity contribution in [3.8, 4) is 0 Å². The van der Waals surface area contributed by atoms with Crippen LogP contribution in [0.5, 0.6) is 0 Å². The topological polar surface area (TPSA) is 41.0 Å². The van der Waals surface area contributed by atoms with Crippen molar-refractivity contribution in [1.29, 1.82) is 0 Å². The molecule has 1 saturated carbocycles. The molecule has 0 aliphatic heterocycles. The molecular weight excluding hydrogens is 281 g/mol. The van der Waals surface area contributed by atoms with E-state index in [4.69, 9.17) is 11.6 Å². The highest BCUT2D eigenvalue weighted by atomic mass is 35.5. The molecule has 1 fully saturated rings. The first-order valence-electron chi connectivity index (χ1n) is 5.92. The lowest BCUT2D eigenvalue weighted by Gasteiger charge is -2.16. The summed E-state index contributed by atoms with van der Waals surface area (Å²) in [6, 6.07) is 1.90. The third-order valence-electron chi connectivity index (χ3n) is 2.89. The number of nitrogens with zero attached hydrogens (tertiary/aromatic N) is 3. The lowest BCUT2D eigenvalue weighted by molar-refractivity contribution is -0.144. The molecule has 0 saturated heterocycles. The number of halogens is 4. The highest BCUT2D eigenvalue weighted by molar-refractivity contribution is 6.29. The fraction of sp³-hybridized carbons (Fsp3) is 0.636. The van der Waals surface area contributed by atoms with E-state index in [1.54, 1.807) is 0 Å². The monoisotopic (exact) mass is 294 g/mol. The molecule has 1 aromatic heterocycles. The average Bonchev–Trinajstić information content (AvgIpc) is 3.10. The van der Waals surface area contributed by atoms with Crippen LogP contribution in [0.25, 0.3) is 0 Å². The molecule has 0 unspecified atom stereocenters. The van der Waals surface area contributed by atoms with Crippen LogP contribution in [0.2, 0.25) is 5.15 Å². The van der Waals surface area contributed by atoms with Gasteiger partial charge in [0.25, 0.3) is 0 Å². The minimum atomic E-state index is -4.59. The molecule has 1 aliphatic carbocycles. The Bertz CT molecular complexity index is 448. The van der Waals surface area contributed by atoms with E-state index in [0.717, 1.165) is 6.54 Å². The van der Waals surface area contributed by atoms with E-state index in [-0.39, 0.29) is 11.0 Å². The van der Waals surface area contributed by atoms with Crippen LogP contribution < -0.4 is 5.32 Å². The summed E-state index contributed by atoms with van der Waals surface area (Å²) in [7, 11) is 1.99. The molecule has 0 aromatic carbocycles. The molecular formula is C11H14ClF3N4. The molecule has 1 aliphatic rings. The molecule has 1 heterocycles. The van der Waals surface area contributed by atoms with Crippen molar-refractivity contribution < 1.29 is 13.2 Å². The molecule has 1 aromatic rings. The number of anilines is 1. The van der Waals surface area contributed by atoms with Crippen LogP contribution in [-0.4, -0.2) is 41.0 Å². The molecule has 0 bridgehead atoms. The van der Waals surface area contributed by atoms with Gasteiger partial charge in [0, 0.05) is 25.2 Å². The summed E-state index contributed by atoms with van der Waals surface area (Å²) in [5.41, 5.74) is 0. The first-order valence-corrected chi connectivity index (χ1v) is 6.30. The molecule has 0 radical (unpaired) electrons. The number of aromatic nitrogens is 2. The van der Waals surface area contributed by atoms with Gasteiger partial charge in [-0.15, -0.1) is 0 Å². The van der Waals surface area contributed by atoms with Gasteiger partial charge in [-0.05, 0) is 19.9 Å². The largest absolute Gasteiger partial charge is 0.451 e. The van der Waals surface area contributed by atoms with Gasteiger partial charge in [0.05, 0.1) is 0 Å². The van der Waals surface area contributed by atoms with Crippen LogP contribution in [0.1, 0.15) is 18.7 Å². The Morgan fingerprint density at radius 1 is 1.42 bits per heavy atom. The van der Waals surface area contributed by atoms with Gasteiger partial charge in [-0.1, -0.05) is 11.6 Å². The van der Waals surface area contributed by atoms with Crippen molar-refractivity contribution in [3.05, 3.63) is 17.0 Å². The van der Waals surface area contributed by atoms with Gasteiger partial charge >= 0.3 is 6.18 Å². The summed E-state index contributed by atoms with van der Waals surface area (Å²) in [5.74, 6) is -1.13. The van der Waals surface area contributed by atoms with Gasteiger partial charge in [-0.2, -0.15) is 13.2 Å². The second-order valence-corrected chi connectivity index (χ2v) is 4.92. The number of likely N-dealkylation sites (N-methyl/N-ethyl adjacent to an activating group) is 1. The van der Waals surface area contributed by atoms with Crippen LogP contribution >= 0.6 is 11.6 Å². The van der Waals surface area contributed by atoms with Gasteiger partial charge < -0.3 is 10.2 Å². The fourth-order valence-corrected chi connectivity index (χ4v) is 1.88. The molecule has 19 heavy (non-hydrogen) atoms. The number of hydrogen-bond donors (Lipinski definition) is 1. The van der Waals surface area contributed by atoms with E-state index in [2.05, 4.69) is 20.2 Å². The van der Waals surface area contributed by atoms with Crippen LogP contribution in [0.4, 0.5) is 19.0 Å². The van der Waals surface area contributed by atoms with Crippen molar-refractivity contribution in [2.75, 3.05) is 25.5 Å². The smallest absolute Gasteiger partial charge is 0.369 e. The number of alkyl halides is 3. The van der Waals surface area contributed by atoms with E-state index >= 15 is 0 Å². The summed E-state index contributed by atoms with van der Waals surface area (Å²) in [6.07, 6.45) is -2.21. The van der Waals surface area contributed by atoms with Crippen LogP contribution in [0.15, 0.2) is 6.07 Å². The van der Waals surface area contributed by atoms with E-state index < -0.39 is 12.0 Å². The van der Waals surface area contributed by atoms with Crippen LogP contribution in [0, 0.1) is 0 Å². The Hall–Kier alpha value is -1.08. The van der Waals surface area contributed by atoms with E-state index in [1.165, 1.54) is 18.9 Å². The maximum absolute atomic E-state index is 12.5. The van der Waals surface area contributed by atoms with Crippen LogP contribution in [0.3, 0.4) is 0 Å². The molecule has 0 spiro atoms. The zero-order valence-electron chi connectivity index (χ0n) is 10.3. The minimum Gasteiger partial charge on any atom is -0.369 e. The zero-order chi connectivity index (χ0) is 14.0. The van der Waals surface area contributed by atoms with Gasteiger partial charge in [0.15, 0.2) is 0 Å². The Kier molecular flexibility index (Phi) is 4.15. The lowest BCUT2D eigenvalue weighted by Crippen LogP contribution is -2.27. The molecule has 1 N–H and O–H groups in total. The van der Waals surface area contributed by atoms with Crippen molar-refractivity contribution >= 4 is 17.4 Å². The van der Waals surface area contributed by atoms with Crippen molar-refractivity contribution in [2.45, 2.75) is 25.1 Å². The number of hydrogen-bond acceptors (Lipinski definition) is 4. The zero-order valence-corrected chi connectivity index (χ0v) is 11.1. The molecule has 0 atom stereocenters. The molecule has 8 heteroatoms. The molecule has 4 nitrogen and oxygen atoms in total. The van der Waals surface area contributed by atoms with Crippen molar-refractivity contribution in [1.82, 2.24) is 14.9 Å². The second kappa shape index (κ2) is 5.50. The minimum absolute atomic E-state index is 0.0940. The summed E-state index contributed by atoms with van der Waals surface area (Å²) in [5, 5.41) is 2.61. The quantitative estimate of drug-likeness (QED) is 0.848. The predicted molar refractivity (Wildman–Crippen MR) is 66.2 cm³/mol. The highest BCUT2D eigenvalue weighted by Crippen LogP contribution is 2.28. The maximum Gasteiger partial charge on any atom is 0.451 e. The normalized spacial score (nSPS) is 15.9. The average molecular weight is 295 g/mol. The Balaban J connectivity index is 1.93. The fourth-order valence-electron chi connectivity index (χ4n) is 1.69. The summed E-state index contributed by atoms with van der Waals surface area (Å²) in [4.78, 5) is 8.74. The molecule has 106 valence electrons. The summed E-state index contributed by atoms with van der Waals surface area (Å²) >= 11 is 5.56. The van der Waals surface area contributed by atoms with E-state index in [1.807, 2.05) is 7.05 Å². The van der Waals surface area contributed by atoms with Gasteiger partial charge in [-0.3, -0.25) is 0 Å². The van der Waals surface area contributed by atoms with Crippen molar-refractivity contribution in [3.63, 3.8) is 0 Å². The van der Waals surface area contributed by atoms with Gasteiger partial charge in [0.1, 0.15) is 11.0 Å². The third kappa shape index (κ3) is 4.21. The summed E-state index contributed by atoms with van der Waals surface area (Å²) in [6.45, 7) is 1.26. The SMILES string of the molecule is CN(CCNc1cc(Cl)nc(C(F)(F)F)n1)C1CC1. The third-order valence-corrected chi connectivity index (χ3v) is 3.08. The van der Waals surface area contributed by atoms with Gasteiger partial charge in [-0.25, -0.2) is 9.97 Å². The Morgan fingerprint density at radius 2 is 2.11 bits per heavy atom. The highest BCUT2D eigenvalue weighted by Gasteiger charge is 2.35. The number of rotatable bonds is 5. The Labute approximate surface area is 114 Å². The van der Waals surface area contributed by atoms with E-state index in [0.29, 0.717) is 12.6 Å². The summed E-state index contributed by atoms with van der Waals surface area (Å²) < 4.78 is 37.5. The number of nitrogens with one attached hydrogen (secondary N) is 1. The predicted octanol–water partition coefficient (Wildman–Crippen LogP) is 2.65. The van der Waals surface area contributed by atoms with Crippen molar-refractivity contribution in [2.24, 2.45) is 0 Å². The molecule has 2 rings (SSSR count). The van der Waals surface area contributed by atoms with Crippen LogP contribution in [-0.2, 0) is 6.18 Å².